The third-order valence-corrected chi connectivity index (χ3v) is 5.38. The first-order valence-corrected chi connectivity index (χ1v) is 8.66. The van der Waals surface area contributed by atoms with Gasteiger partial charge in [0.15, 0.2) is 0 Å². The summed E-state index contributed by atoms with van der Waals surface area (Å²) in [5.41, 5.74) is -0.872. The van der Waals surface area contributed by atoms with E-state index in [9.17, 15) is 13.5 Å². The molecular formula is C15H20N2O3S. The highest BCUT2D eigenvalue weighted by molar-refractivity contribution is 7.89. The quantitative estimate of drug-likeness (QED) is 0.832. The van der Waals surface area contributed by atoms with Crippen LogP contribution in [-0.4, -0.2) is 25.7 Å². The number of benzene rings is 1. The van der Waals surface area contributed by atoms with Crippen molar-refractivity contribution in [3.8, 4) is 6.07 Å². The minimum absolute atomic E-state index is 0.00486. The summed E-state index contributed by atoms with van der Waals surface area (Å²) < 4.78 is 27.1. The van der Waals surface area contributed by atoms with Gasteiger partial charge in [-0.05, 0) is 25.0 Å². The molecule has 1 aliphatic rings. The van der Waals surface area contributed by atoms with Gasteiger partial charge in [0.05, 0.1) is 16.1 Å². The summed E-state index contributed by atoms with van der Waals surface area (Å²) in [6.45, 7) is -0.00486. The molecule has 5 nitrogen and oxygen atoms in total. The second kappa shape index (κ2) is 6.56. The summed E-state index contributed by atoms with van der Waals surface area (Å²) in [7, 11) is -3.78. The molecule has 0 saturated heterocycles. The van der Waals surface area contributed by atoms with Crippen LogP contribution in [0, 0.1) is 11.3 Å². The van der Waals surface area contributed by atoms with Crippen molar-refractivity contribution in [1.29, 1.82) is 5.26 Å². The Morgan fingerprint density at radius 2 is 1.81 bits per heavy atom. The van der Waals surface area contributed by atoms with Crippen molar-refractivity contribution < 1.29 is 13.5 Å². The molecule has 0 spiro atoms. The fourth-order valence-electron chi connectivity index (χ4n) is 2.66. The second-order valence-electron chi connectivity index (χ2n) is 5.57. The molecule has 1 saturated carbocycles. The van der Waals surface area contributed by atoms with E-state index in [2.05, 4.69) is 4.72 Å². The fourth-order valence-corrected chi connectivity index (χ4v) is 3.94. The fraction of sp³-hybridized carbons (Fsp3) is 0.533. The molecule has 0 radical (unpaired) electrons. The molecule has 1 aromatic carbocycles. The number of rotatable bonds is 4. The summed E-state index contributed by atoms with van der Waals surface area (Å²) in [5, 5.41) is 19.5. The van der Waals surface area contributed by atoms with Crippen LogP contribution in [0.1, 0.15) is 44.1 Å². The molecule has 0 atom stereocenters. The van der Waals surface area contributed by atoms with Crippen molar-refractivity contribution in [2.75, 3.05) is 6.54 Å². The molecule has 0 aromatic heterocycles. The van der Waals surface area contributed by atoms with Crippen molar-refractivity contribution in [3.63, 3.8) is 0 Å². The Balaban J connectivity index is 2.13. The predicted octanol–water partition coefficient (Wildman–Crippen LogP) is 1.92. The summed E-state index contributed by atoms with van der Waals surface area (Å²) in [6.07, 6.45) is 5.18. The molecule has 2 rings (SSSR count). The van der Waals surface area contributed by atoms with E-state index >= 15 is 0 Å². The Morgan fingerprint density at radius 3 is 2.43 bits per heavy atom. The van der Waals surface area contributed by atoms with Crippen LogP contribution in [-0.2, 0) is 10.0 Å². The lowest BCUT2D eigenvalue weighted by molar-refractivity contribution is 0.0303. The van der Waals surface area contributed by atoms with Gasteiger partial charge in [-0.25, -0.2) is 13.1 Å². The zero-order valence-corrected chi connectivity index (χ0v) is 12.7. The molecule has 0 bridgehead atoms. The maximum atomic E-state index is 12.3. The Labute approximate surface area is 125 Å². The Kier molecular flexibility index (Phi) is 4.99. The molecule has 0 heterocycles. The molecule has 1 aliphatic carbocycles. The smallest absolute Gasteiger partial charge is 0.241 e. The minimum Gasteiger partial charge on any atom is -0.389 e. The van der Waals surface area contributed by atoms with Gasteiger partial charge < -0.3 is 5.11 Å². The second-order valence-corrected chi connectivity index (χ2v) is 7.31. The molecule has 1 aromatic rings. The van der Waals surface area contributed by atoms with Gasteiger partial charge in [0.2, 0.25) is 10.0 Å². The molecular weight excluding hydrogens is 288 g/mol. The number of nitriles is 1. The van der Waals surface area contributed by atoms with Crippen LogP contribution < -0.4 is 4.72 Å². The molecule has 0 aliphatic heterocycles. The van der Waals surface area contributed by atoms with Gasteiger partial charge >= 0.3 is 0 Å². The Morgan fingerprint density at radius 1 is 1.19 bits per heavy atom. The van der Waals surface area contributed by atoms with E-state index in [1.165, 1.54) is 12.1 Å². The van der Waals surface area contributed by atoms with Crippen LogP contribution >= 0.6 is 0 Å². The summed E-state index contributed by atoms with van der Waals surface area (Å²) in [5.74, 6) is 0. The van der Waals surface area contributed by atoms with Gasteiger partial charge in [0, 0.05) is 6.54 Å². The van der Waals surface area contributed by atoms with Crippen molar-refractivity contribution in [3.05, 3.63) is 29.8 Å². The first-order chi connectivity index (χ1) is 9.97. The monoisotopic (exact) mass is 308 g/mol. The third kappa shape index (κ3) is 4.03. The first-order valence-electron chi connectivity index (χ1n) is 7.18. The average Bonchev–Trinajstić information content (AvgIpc) is 2.71. The lowest BCUT2D eigenvalue weighted by Gasteiger charge is -2.26. The average molecular weight is 308 g/mol. The van der Waals surface area contributed by atoms with Crippen molar-refractivity contribution in [1.82, 2.24) is 4.72 Å². The van der Waals surface area contributed by atoms with Gasteiger partial charge in [-0.2, -0.15) is 5.26 Å². The summed E-state index contributed by atoms with van der Waals surface area (Å²) in [6, 6.07) is 7.95. The third-order valence-electron chi connectivity index (χ3n) is 3.92. The number of aliphatic hydroxyl groups is 1. The predicted molar refractivity (Wildman–Crippen MR) is 79.0 cm³/mol. The van der Waals surface area contributed by atoms with E-state index in [1.54, 1.807) is 12.1 Å². The number of sulfonamides is 1. The maximum absolute atomic E-state index is 12.3. The van der Waals surface area contributed by atoms with Gasteiger partial charge in [-0.1, -0.05) is 37.8 Å². The number of nitrogens with one attached hydrogen (secondary N) is 1. The zero-order valence-electron chi connectivity index (χ0n) is 11.9. The van der Waals surface area contributed by atoms with Crippen LogP contribution in [0.15, 0.2) is 29.2 Å². The molecule has 21 heavy (non-hydrogen) atoms. The molecule has 6 heteroatoms. The summed E-state index contributed by atoms with van der Waals surface area (Å²) >= 11 is 0. The van der Waals surface area contributed by atoms with Crippen molar-refractivity contribution >= 4 is 10.0 Å². The maximum Gasteiger partial charge on any atom is 0.241 e. The summed E-state index contributed by atoms with van der Waals surface area (Å²) in [4.78, 5) is -0.0373. The normalized spacial score (nSPS) is 18.7. The van der Waals surface area contributed by atoms with E-state index < -0.39 is 15.6 Å². The first kappa shape index (κ1) is 16.0. The highest BCUT2D eigenvalue weighted by Crippen LogP contribution is 2.27. The minimum atomic E-state index is -3.78. The number of nitrogens with zero attached hydrogens (tertiary/aromatic N) is 1. The van der Waals surface area contributed by atoms with Crippen LogP contribution in [0.4, 0.5) is 0 Å². The van der Waals surface area contributed by atoms with Crippen LogP contribution in [0.25, 0.3) is 0 Å². The molecule has 0 amide bonds. The van der Waals surface area contributed by atoms with Gasteiger partial charge in [0.25, 0.3) is 0 Å². The number of hydrogen-bond donors (Lipinski definition) is 2. The zero-order chi connectivity index (χ0) is 15.3. The van der Waals surface area contributed by atoms with Crippen LogP contribution in [0.2, 0.25) is 0 Å². The van der Waals surface area contributed by atoms with Crippen LogP contribution in [0.3, 0.4) is 0 Å². The SMILES string of the molecule is N#Cc1ccccc1S(=O)(=O)NCC1(O)CCCCCC1. The molecule has 1 fully saturated rings. The van der Waals surface area contributed by atoms with E-state index in [-0.39, 0.29) is 17.0 Å². The van der Waals surface area contributed by atoms with E-state index in [4.69, 9.17) is 5.26 Å². The standard InChI is InChI=1S/C15H20N2O3S/c16-11-13-7-3-4-8-14(13)21(19,20)17-12-15(18)9-5-1-2-6-10-15/h3-4,7-8,17-18H,1-2,5-6,9-10,12H2. The van der Waals surface area contributed by atoms with Crippen LogP contribution in [0.5, 0.6) is 0 Å². The van der Waals surface area contributed by atoms with E-state index in [0.29, 0.717) is 12.8 Å². The highest BCUT2D eigenvalue weighted by Gasteiger charge is 2.30. The lowest BCUT2D eigenvalue weighted by Crippen LogP contribution is -2.42. The molecule has 0 unspecified atom stereocenters. The Bertz CT molecular complexity index is 627. The lowest BCUT2D eigenvalue weighted by atomic mass is 9.95. The van der Waals surface area contributed by atoms with Crippen molar-refractivity contribution in [2.24, 2.45) is 0 Å². The van der Waals surface area contributed by atoms with Gasteiger partial charge in [-0.3, -0.25) is 0 Å². The van der Waals surface area contributed by atoms with Crippen molar-refractivity contribution in [2.45, 2.75) is 49.0 Å². The van der Waals surface area contributed by atoms with Gasteiger partial charge in [0.1, 0.15) is 6.07 Å². The largest absolute Gasteiger partial charge is 0.389 e. The molecule has 2 N–H and O–H groups in total. The number of hydrogen-bond acceptors (Lipinski definition) is 4. The Hall–Kier alpha value is -1.42. The topological polar surface area (TPSA) is 90.2 Å². The molecule has 114 valence electrons. The van der Waals surface area contributed by atoms with E-state index in [0.717, 1.165) is 25.7 Å². The highest BCUT2D eigenvalue weighted by atomic mass is 32.2. The van der Waals surface area contributed by atoms with Gasteiger partial charge in [-0.15, -0.1) is 0 Å². The van der Waals surface area contributed by atoms with E-state index in [1.807, 2.05) is 6.07 Å².